The first-order valence-electron chi connectivity index (χ1n) is 10.9. The lowest BCUT2D eigenvalue weighted by atomic mass is 9.82. The molecular formula is C29H24O2. The quantitative estimate of drug-likeness (QED) is 0.365. The van der Waals surface area contributed by atoms with Crippen LogP contribution in [0.2, 0.25) is 0 Å². The fourth-order valence-corrected chi connectivity index (χ4v) is 5.03. The summed E-state index contributed by atoms with van der Waals surface area (Å²) in [6.45, 7) is 4.25. The molecule has 4 aromatic carbocycles. The predicted molar refractivity (Wildman–Crippen MR) is 126 cm³/mol. The maximum absolute atomic E-state index is 6.88. The highest BCUT2D eigenvalue weighted by molar-refractivity contribution is 5.97. The summed E-state index contributed by atoms with van der Waals surface area (Å²) < 4.78 is 12.8. The topological polar surface area (TPSA) is 18.5 Å². The van der Waals surface area contributed by atoms with Crippen LogP contribution in [0.15, 0.2) is 84.9 Å². The van der Waals surface area contributed by atoms with Crippen molar-refractivity contribution in [2.24, 2.45) is 0 Å². The molecule has 0 aromatic heterocycles. The Morgan fingerprint density at radius 1 is 0.806 bits per heavy atom. The van der Waals surface area contributed by atoms with E-state index in [1.54, 1.807) is 0 Å². The lowest BCUT2D eigenvalue weighted by molar-refractivity contribution is 0.161. The SMILES string of the molecule is Cc1cccc(C2(c3ccccc3)C=Cc3c(ccc4c5c(ccc34)OC(C)C5)O2)c1. The third-order valence-corrected chi connectivity index (χ3v) is 6.50. The molecule has 2 heteroatoms. The first-order chi connectivity index (χ1) is 15.1. The van der Waals surface area contributed by atoms with Crippen LogP contribution in [-0.2, 0) is 12.0 Å². The summed E-state index contributed by atoms with van der Waals surface area (Å²) in [5.41, 5.74) is 5.27. The Bertz CT molecular complexity index is 1340. The molecule has 0 spiro atoms. The van der Waals surface area contributed by atoms with Gasteiger partial charge in [-0.1, -0.05) is 66.2 Å². The van der Waals surface area contributed by atoms with Crippen LogP contribution in [0.1, 0.15) is 34.7 Å². The summed E-state index contributed by atoms with van der Waals surface area (Å²) in [4.78, 5) is 0. The summed E-state index contributed by atoms with van der Waals surface area (Å²) in [7, 11) is 0. The summed E-state index contributed by atoms with van der Waals surface area (Å²) >= 11 is 0. The third-order valence-electron chi connectivity index (χ3n) is 6.50. The zero-order chi connectivity index (χ0) is 21.0. The number of rotatable bonds is 2. The van der Waals surface area contributed by atoms with Gasteiger partial charge in [-0.15, -0.1) is 0 Å². The molecule has 2 nitrogen and oxygen atoms in total. The Morgan fingerprint density at radius 2 is 1.58 bits per heavy atom. The van der Waals surface area contributed by atoms with E-state index >= 15 is 0 Å². The van der Waals surface area contributed by atoms with Gasteiger partial charge in [-0.3, -0.25) is 0 Å². The van der Waals surface area contributed by atoms with Gasteiger partial charge in [0.05, 0.1) is 0 Å². The summed E-state index contributed by atoms with van der Waals surface area (Å²) in [5.74, 6) is 1.92. The molecular weight excluding hydrogens is 380 g/mol. The standard InChI is InChI=1S/C29H24O2/c1-19-7-6-10-22(17-19)29(21-8-4-3-5-9-21)16-15-25-23-11-13-27-26(18-20(2)30-27)24(23)12-14-28(25)31-29/h3-17,20H,18H2,1-2H3. The van der Waals surface area contributed by atoms with Crippen molar-refractivity contribution in [1.29, 1.82) is 0 Å². The number of aryl methyl sites for hydroxylation is 1. The Morgan fingerprint density at radius 3 is 2.42 bits per heavy atom. The van der Waals surface area contributed by atoms with E-state index < -0.39 is 5.60 Å². The second kappa shape index (κ2) is 6.75. The molecule has 2 heterocycles. The van der Waals surface area contributed by atoms with Gasteiger partial charge in [0.25, 0.3) is 0 Å². The molecule has 0 aliphatic carbocycles. The van der Waals surface area contributed by atoms with Gasteiger partial charge in [-0.05, 0) is 55.0 Å². The van der Waals surface area contributed by atoms with Gasteiger partial charge in [0.15, 0.2) is 5.60 Å². The molecule has 152 valence electrons. The number of fused-ring (bicyclic) bond motifs is 5. The van der Waals surface area contributed by atoms with Crippen LogP contribution in [-0.4, -0.2) is 6.10 Å². The van der Waals surface area contributed by atoms with Gasteiger partial charge >= 0.3 is 0 Å². The highest BCUT2D eigenvalue weighted by Gasteiger charge is 2.37. The molecule has 4 aromatic rings. The lowest BCUT2D eigenvalue weighted by Crippen LogP contribution is -2.34. The largest absolute Gasteiger partial charge is 0.490 e. The molecule has 31 heavy (non-hydrogen) atoms. The Labute approximate surface area is 182 Å². The minimum atomic E-state index is -0.650. The van der Waals surface area contributed by atoms with Crippen LogP contribution in [0.4, 0.5) is 0 Å². The van der Waals surface area contributed by atoms with Crippen LogP contribution >= 0.6 is 0 Å². The van der Waals surface area contributed by atoms with Crippen LogP contribution < -0.4 is 9.47 Å². The number of ether oxygens (including phenoxy) is 2. The zero-order valence-corrected chi connectivity index (χ0v) is 17.8. The lowest BCUT2D eigenvalue weighted by Gasteiger charge is -2.36. The Balaban J connectivity index is 1.55. The van der Waals surface area contributed by atoms with Gasteiger partial charge in [-0.25, -0.2) is 0 Å². The van der Waals surface area contributed by atoms with Crippen molar-refractivity contribution in [3.05, 3.63) is 113 Å². The molecule has 2 aliphatic rings. The molecule has 0 bridgehead atoms. The molecule has 6 rings (SSSR count). The second-order valence-corrected chi connectivity index (χ2v) is 8.65. The van der Waals surface area contributed by atoms with E-state index in [2.05, 4.69) is 98.8 Å². The first-order valence-corrected chi connectivity index (χ1v) is 10.9. The molecule has 2 aliphatic heterocycles. The van der Waals surface area contributed by atoms with E-state index in [0.29, 0.717) is 0 Å². The smallest absolute Gasteiger partial charge is 0.178 e. The van der Waals surface area contributed by atoms with Crippen molar-refractivity contribution in [1.82, 2.24) is 0 Å². The van der Waals surface area contributed by atoms with Crippen molar-refractivity contribution in [3.63, 3.8) is 0 Å². The average molecular weight is 405 g/mol. The molecule has 0 radical (unpaired) electrons. The van der Waals surface area contributed by atoms with Crippen molar-refractivity contribution in [2.45, 2.75) is 32.0 Å². The Kier molecular flexibility index (Phi) is 3.97. The minimum absolute atomic E-state index is 0.232. The highest BCUT2D eigenvalue weighted by Crippen LogP contribution is 2.46. The number of hydrogen-bond acceptors (Lipinski definition) is 2. The highest BCUT2D eigenvalue weighted by atomic mass is 16.5. The van der Waals surface area contributed by atoms with Crippen molar-refractivity contribution in [2.75, 3.05) is 0 Å². The van der Waals surface area contributed by atoms with Gasteiger partial charge in [0.1, 0.15) is 17.6 Å². The Hall–Kier alpha value is -3.52. The van der Waals surface area contributed by atoms with Gasteiger partial charge in [0.2, 0.25) is 0 Å². The monoisotopic (exact) mass is 404 g/mol. The van der Waals surface area contributed by atoms with Gasteiger partial charge in [0, 0.05) is 28.7 Å². The fraction of sp³-hybridized carbons (Fsp3) is 0.172. The first kappa shape index (κ1) is 18.3. The van der Waals surface area contributed by atoms with Crippen LogP contribution in [0.3, 0.4) is 0 Å². The normalized spacial score (nSPS) is 21.3. The molecule has 2 atom stereocenters. The maximum atomic E-state index is 6.88. The maximum Gasteiger partial charge on any atom is 0.178 e. The minimum Gasteiger partial charge on any atom is -0.490 e. The van der Waals surface area contributed by atoms with Crippen molar-refractivity contribution in [3.8, 4) is 11.5 Å². The summed E-state index contributed by atoms with van der Waals surface area (Å²) in [6, 6.07) is 27.7. The number of benzene rings is 4. The summed E-state index contributed by atoms with van der Waals surface area (Å²) in [6.07, 6.45) is 5.64. The second-order valence-electron chi connectivity index (χ2n) is 8.65. The predicted octanol–water partition coefficient (Wildman–Crippen LogP) is 6.82. The third kappa shape index (κ3) is 2.79. The van der Waals surface area contributed by atoms with Crippen LogP contribution in [0, 0.1) is 6.92 Å². The molecule has 2 unspecified atom stereocenters. The number of hydrogen-bond donors (Lipinski definition) is 0. The molecule has 0 amide bonds. The van der Waals surface area contributed by atoms with Crippen LogP contribution in [0.25, 0.3) is 16.8 Å². The van der Waals surface area contributed by atoms with Crippen molar-refractivity contribution >= 4 is 16.8 Å². The zero-order valence-electron chi connectivity index (χ0n) is 17.8. The fourth-order valence-electron chi connectivity index (χ4n) is 5.03. The van der Waals surface area contributed by atoms with E-state index in [1.807, 2.05) is 6.07 Å². The van der Waals surface area contributed by atoms with E-state index in [0.717, 1.165) is 34.6 Å². The molecule has 0 fully saturated rings. The van der Waals surface area contributed by atoms with Gasteiger partial charge < -0.3 is 9.47 Å². The molecule has 0 saturated heterocycles. The van der Waals surface area contributed by atoms with E-state index in [9.17, 15) is 0 Å². The van der Waals surface area contributed by atoms with Gasteiger partial charge in [-0.2, -0.15) is 0 Å². The van der Waals surface area contributed by atoms with E-state index in [1.165, 1.54) is 21.9 Å². The molecule has 0 saturated carbocycles. The van der Waals surface area contributed by atoms with E-state index in [-0.39, 0.29) is 6.10 Å². The van der Waals surface area contributed by atoms with Crippen molar-refractivity contribution < 1.29 is 9.47 Å². The van der Waals surface area contributed by atoms with E-state index in [4.69, 9.17) is 9.47 Å². The summed E-state index contributed by atoms with van der Waals surface area (Å²) in [5, 5.41) is 2.48. The average Bonchev–Trinajstić information content (AvgIpc) is 3.19. The molecule has 0 N–H and O–H groups in total. The van der Waals surface area contributed by atoms with Crippen LogP contribution in [0.5, 0.6) is 11.5 Å².